The number of carbonyl (C=O) groups excluding carboxylic acids is 2. The Morgan fingerprint density at radius 1 is 0.727 bits per heavy atom. The highest BCUT2D eigenvalue weighted by Crippen LogP contribution is 2.37. The molecule has 2 heterocycles. The maximum absolute atomic E-state index is 14.3. The fourth-order valence-corrected chi connectivity index (χ4v) is 7.33. The quantitative estimate of drug-likeness (QED) is 0.161. The van der Waals surface area contributed by atoms with Gasteiger partial charge in [0.25, 0.3) is 11.8 Å². The smallest absolute Gasteiger partial charge is 0.262 e. The van der Waals surface area contributed by atoms with E-state index < -0.39 is 10.0 Å². The van der Waals surface area contributed by atoms with E-state index in [2.05, 4.69) is 16.7 Å². The van der Waals surface area contributed by atoms with Crippen molar-refractivity contribution in [3.63, 3.8) is 0 Å². The molecule has 226 valence electrons. The molecule has 0 saturated carbocycles. The zero-order chi connectivity index (χ0) is 30.8. The van der Waals surface area contributed by atoms with Crippen LogP contribution in [-0.2, 0) is 46.8 Å². The van der Waals surface area contributed by atoms with Crippen molar-refractivity contribution in [3.8, 4) is 0 Å². The van der Waals surface area contributed by atoms with Crippen LogP contribution in [0.2, 0.25) is 0 Å². The Morgan fingerprint density at radius 3 is 1.75 bits per heavy atom. The Balaban J connectivity index is 1.24. The third-order valence-electron chi connectivity index (χ3n) is 7.77. The number of carbonyl (C=O) groups is 2. The summed E-state index contributed by atoms with van der Waals surface area (Å²) >= 11 is 0. The molecule has 0 atom stereocenters. The molecule has 44 heavy (non-hydrogen) atoms. The van der Waals surface area contributed by atoms with Crippen LogP contribution >= 0.6 is 0 Å². The molecule has 2 N–H and O–H groups in total. The van der Waals surface area contributed by atoms with Crippen molar-refractivity contribution >= 4 is 54.2 Å². The summed E-state index contributed by atoms with van der Waals surface area (Å²) < 4.78 is 37.1. The van der Waals surface area contributed by atoms with E-state index in [1.807, 2.05) is 78.1 Å². The van der Waals surface area contributed by atoms with Gasteiger partial charge < -0.3 is 10.6 Å². The lowest BCUT2D eigenvalue weighted by molar-refractivity contribution is -0.671. The van der Waals surface area contributed by atoms with Gasteiger partial charge in [0.05, 0.1) is 19.0 Å². The summed E-state index contributed by atoms with van der Waals surface area (Å²) in [7, 11) is -0.282. The maximum Gasteiger partial charge on any atom is 0.262 e. The average molecular weight is 614 g/mol. The van der Waals surface area contributed by atoms with Crippen molar-refractivity contribution in [1.82, 2.24) is 24.1 Å². The minimum Gasteiger partial charge on any atom is -0.351 e. The van der Waals surface area contributed by atoms with E-state index in [1.54, 1.807) is 40.2 Å². The highest BCUT2D eigenvalue weighted by Gasteiger charge is 2.27. The molecule has 2 aromatic heterocycles. The van der Waals surface area contributed by atoms with Crippen LogP contribution in [0.3, 0.4) is 0 Å². The van der Waals surface area contributed by atoms with E-state index in [9.17, 15) is 18.0 Å². The first-order valence-corrected chi connectivity index (χ1v) is 15.9. The Morgan fingerprint density at radius 2 is 1.23 bits per heavy atom. The van der Waals surface area contributed by atoms with Crippen molar-refractivity contribution in [2.45, 2.75) is 18.0 Å². The van der Waals surface area contributed by atoms with E-state index in [0.29, 0.717) is 5.39 Å². The molecule has 0 bridgehead atoms. The molecule has 6 rings (SSSR count). The lowest BCUT2D eigenvalue weighted by atomic mass is 9.94. The van der Waals surface area contributed by atoms with E-state index in [1.165, 1.54) is 4.31 Å². The molecule has 0 aliphatic carbocycles. The summed E-state index contributed by atoms with van der Waals surface area (Å²) in [6, 6.07) is 17.4. The van der Waals surface area contributed by atoms with E-state index in [4.69, 9.17) is 0 Å². The molecular weight excluding hydrogens is 578 g/mol. The van der Waals surface area contributed by atoms with Gasteiger partial charge in [-0.25, -0.2) is 26.7 Å². The minimum atomic E-state index is -4.02. The van der Waals surface area contributed by atoms with Gasteiger partial charge in [-0.3, -0.25) is 9.59 Å². The van der Waals surface area contributed by atoms with Crippen LogP contribution in [0.25, 0.3) is 32.3 Å². The van der Waals surface area contributed by atoms with Gasteiger partial charge in [-0.2, -0.15) is 4.31 Å². The number of hydrogen-bond donors (Lipinski definition) is 2. The molecule has 0 aliphatic rings. The van der Waals surface area contributed by atoms with Crippen LogP contribution in [0.4, 0.5) is 0 Å². The van der Waals surface area contributed by atoms with Gasteiger partial charge in [-0.05, 0) is 33.0 Å². The van der Waals surface area contributed by atoms with Crippen LogP contribution in [0, 0.1) is 0 Å². The first-order chi connectivity index (χ1) is 21.2. The lowest BCUT2D eigenvalue weighted by Crippen LogP contribution is -2.43. The molecule has 0 spiro atoms. The predicted octanol–water partition coefficient (Wildman–Crippen LogP) is 1.46. The number of aromatic nitrogens is 4. The number of rotatable bonds is 12. The third kappa shape index (κ3) is 5.99. The molecule has 12 heteroatoms. The number of nitrogens with one attached hydrogen (secondary N) is 2. The number of imidazole rings is 2. The first kappa shape index (κ1) is 29.3. The molecule has 11 nitrogen and oxygen atoms in total. The Labute approximate surface area is 255 Å². The van der Waals surface area contributed by atoms with Crippen LogP contribution in [0.1, 0.15) is 0 Å². The number of sulfonamides is 1. The van der Waals surface area contributed by atoms with E-state index in [-0.39, 0.29) is 56.0 Å². The molecular formula is C32H35N7O4S+2. The molecule has 2 amide bonds. The van der Waals surface area contributed by atoms with Gasteiger partial charge in [0.1, 0.15) is 24.8 Å². The summed E-state index contributed by atoms with van der Waals surface area (Å²) in [5.74, 6) is -0.455. The van der Waals surface area contributed by atoms with Crippen molar-refractivity contribution in [2.75, 3.05) is 26.2 Å². The van der Waals surface area contributed by atoms with Gasteiger partial charge in [-0.15, -0.1) is 0 Å². The van der Waals surface area contributed by atoms with E-state index in [0.717, 1.165) is 26.9 Å². The Bertz CT molecular complexity index is 2010. The molecule has 0 aliphatic heterocycles. The molecule has 0 radical (unpaired) electrons. The molecule has 6 aromatic rings. The SMILES string of the molecule is C[n+]1ccn(CC(=O)NCCN(CCNC(=O)Cn2cc[n+](C)c2)S(=O)(=O)c2ccc3ccc4cccc5ccc2c3c45)c1. The van der Waals surface area contributed by atoms with Crippen molar-refractivity contribution in [1.29, 1.82) is 0 Å². The predicted molar refractivity (Wildman–Crippen MR) is 166 cm³/mol. The monoisotopic (exact) mass is 613 g/mol. The number of benzene rings is 4. The fourth-order valence-electron chi connectivity index (χ4n) is 5.70. The molecule has 0 unspecified atom stereocenters. The zero-order valence-corrected chi connectivity index (χ0v) is 25.5. The maximum atomic E-state index is 14.3. The second kappa shape index (κ2) is 12.1. The third-order valence-corrected chi connectivity index (χ3v) is 9.73. The average Bonchev–Trinajstić information content (AvgIpc) is 3.61. The highest BCUT2D eigenvalue weighted by atomic mass is 32.2. The number of aryl methyl sites for hydroxylation is 2. The molecule has 0 fully saturated rings. The van der Waals surface area contributed by atoms with Crippen molar-refractivity contribution < 1.29 is 27.1 Å². The van der Waals surface area contributed by atoms with Crippen LogP contribution in [0.15, 0.2) is 96.9 Å². The van der Waals surface area contributed by atoms with Gasteiger partial charge in [0, 0.05) is 31.6 Å². The summed E-state index contributed by atoms with van der Waals surface area (Å²) in [5.41, 5.74) is 0. The number of hydrogen-bond acceptors (Lipinski definition) is 4. The second-order valence-corrected chi connectivity index (χ2v) is 12.9. The second-order valence-electron chi connectivity index (χ2n) is 11.0. The first-order valence-electron chi connectivity index (χ1n) is 14.4. The number of nitrogens with zero attached hydrogens (tertiary/aromatic N) is 5. The largest absolute Gasteiger partial charge is 0.351 e. The Kier molecular flexibility index (Phi) is 8.02. The summed E-state index contributed by atoms with van der Waals surface area (Å²) in [6.45, 7) is 0.555. The molecule has 0 saturated heterocycles. The fraction of sp³-hybridized carbons (Fsp3) is 0.250. The van der Waals surface area contributed by atoms with Crippen molar-refractivity contribution in [2.24, 2.45) is 14.1 Å². The summed E-state index contributed by atoms with van der Waals surface area (Å²) in [6.07, 6.45) is 10.8. The zero-order valence-electron chi connectivity index (χ0n) is 24.7. The van der Waals surface area contributed by atoms with E-state index >= 15 is 0 Å². The van der Waals surface area contributed by atoms with Gasteiger partial charge in [-0.1, -0.05) is 48.5 Å². The highest BCUT2D eigenvalue weighted by molar-refractivity contribution is 7.89. The lowest BCUT2D eigenvalue weighted by Gasteiger charge is -2.24. The Hall–Kier alpha value is -4.81. The standard InChI is InChI=1S/C32H33N7O4S/c1-35-16-18-37(22-35)20-29(40)33-12-14-39(15-13-34-30(41)21-38-19-17-36(2)23-38)44(42,43)28-11-9-26-7-6-24-4-3-5-25-8-10-27(28)32(26)31(24)25/h3-11,16-19,22-23H,12-15,20-21H2,1-2H3/p+2. The molecule has 4 aromatic carbocycles. The summed E-state index contributed by atoms with van der Waals surface area (Å²) in [5, 5.41) is 11.3. The van der Waals surface area contributed by atoms with Crippen LogP contribution < -0.4 is 19.8 Å². The topological polar surface area (TPSA) is 113 Å². The number of amides is 2. The normalized spacial score (nSPS) is 12.1. The van der Waals surface area contributed by atoms with Gasteiger partial charge >= 0.3 is 0 Å². The van der Waals surface area contributed by atoms with Gasteiger partial charge in [0.15, 0.2) is 13.1 Å². The minimum absolute atomic E-state index is 0.0405. The van der Waals surface area contributed by atoms with Crippen molar-refractivity contribution in [3.05, 3.63) is 92.0 Å². The summed E-state index contributed by atoms with van der Waals surface area (Å²) in [4.78, 5) is 25.4. The van der Waals surface area contributed by atoms with Crippen LogP contribution in [0.5, 0.6) is 0 Å². The van der Waals surface area contributed by atoms with Gasteiger partial charge in [0.2, 0.25) is 22.7 Å². The van der Waals surface area contributed by atoms with Crippen LogP contribution in [-0.4, -0.2) is 59.9 Å².